The predicted octanol–water partition coefficient (Wildman–Crippen LogP) is 0.263. The zero-order valence-corrected chi connectivity index (χ0v) is 11.0. The van der Waals surface area contributed by atoms with Crippen molar-refractivity contribution in [1.82, 2.24) is 9.80 Å². The Morgan fingerprint density at radius 3 is 2.39 bits per heavy atom. The summed E-state index contributed by atoms with van der Waals surface area (Å²) in [5.41, 5.74) is 12.8. The van der Waals surface area contributed by atoms with E-state index < -0.39 is 0 Å². The molecule has 2 rings (SSSR count). The summed E-state index contributed by atoms with van der Waals surface area (Å²) in [5, 5.41) is 0. The van der Waals surface area contributed by atoms with E-state index in [0.717, 1.165) is 45.8 Å². The third-order valence-electron chi connectivity index (χ3n) is 3.62. The number of rotatable bonds is 5. The highest BCUT2D eigenvalue weighted by Gasteiger charge is 2.26. The van der Waals surface area contributed by atoms with Gasteiger partial charge in [-0.1, -0.05) is 30.3 Å². The molecule has 1 fully saturated rings. The van der Waals surface area contributed by atoms with Crippen LogP contribution in [-0.4, -0.2) is 55.6 Å². The van der Waals surface area contributed by atoms with Crippen LogP contribution in [0.15, 0.2) is 30.3 Å². The highest BCUT2D eigenvalue weighted by molar-refractivity contribution is 5.20. The van der Waals surface area contributed by atoms with Gasteiger partial charge in [-0.15, -0.1) is 0 Å². The molecule has 0 aliphatic carbocycles. The van der Waals surface area contributed by atoms with Gasteiger partial charge < -0.3 is 11.5 Å². The SMILES string of the molecule is NCCN1CCN(CCN)C(c2ccccc2)C1. The number of nitrogens with zero attached hydrogens (tertiary/aromatic N) is 2. The average Bonchev–Trinajstić information content (AvgIpc) is 2.42. The fourth-order valence-electron chi connectivity index (χ4n) is 2.69. The zero-order valence-electron chi connectivity index (χ0n) is 11.0. The van der Waals surface area contributed by atoms with Gasteiger partial charge in [0.2, 0.25) is 0 Å². The van der Waals surface area contributed by atoms with Gasteiger partial charge in [0.05, 0.1) is 0 Å². The molecule has 1 aromatic carbocycles. The van der Waals surface area contributed by atoms with Crippen molar-refractivity contribution < 1.29 is 0 Å². The summed E-state index contributed by atoms with van der Waals surface area (Å²) in [6.45, 7) is 6.65. The van der Waals surface area contributed by atoms with E-state index in [1.54, 1.807) is 0 Å². The van der Waals surface area contributed by atoms with Crippen LogP contribution in [0.2, 0.25) is 0 Å². The first-order valence-electron chi connectivity index (χ1n) is 6.76. The Morgan fingerprint density at radius 2 is 1.72 bits per heavy atom. The van der Waals surface area contributed by atoms with E-state index in [1.165, 1.54) is 5.56 Å². The molecule has 1 atom stereocenters. The first kappa shape index (κ1) is 13.5. The molecule has 1 aliphatic heterocycles. The van der Waals surface area contributed by atoms with E-state index in [-0.39, 0.29) is 0 Å². The summed E-state index contributed by atoms with van der Waals surface area (Å²) in [4.78, 5) is 4.94. The topological polar surface area (TPSA) is 58.5 Å². The molecule has 0 amide bonds. The number of hydrogen-bond acceptors (Lipinski definition) is 4. The van der Waals surface area contributed by atoms with Crippen LogP contribution >= 0.6 is 0 Å². The van der Waals surface area contributed by atoms with Gasteiger partial charge in [-0.25, -0.2) is 0 Å². The van der Waals surface area contributed by atoms with Gasteiger partial charge in [-0.05, 0) is 5.56 Å². The fourth-order valence-corrected chi connectivity index (χ4v) is 2.69. The third-order valence-corrected chi connectivity index (χ3v) is 3.62. The van der Waals surface area contributed by atoms with Crippen molar-refractivity contribution in [3.05, 3.63) is 35.9 Å². The fraction of sp³-hybridized carbons (Fsp3) is 0.571. The summed E-state index contributed by atoms with van der Waals surface area (Å²) in [7, 11) is 0. The lowest BCUT2D eigenvalue weighted by molar-refractivity contribution is 0.0784. The normalized spacial score (nSPS) is 22.2. The van der Waals surface area contributed by atoms with E-state index in [9.17, 15) is 0 Å². The lowest BCUT2D eigenvalue weighted by Crippen LogP contribution is -2.50. The van der Waals surface area contributed by atoms with Crippen LogP contribution in [0.3, 0.4) is 0 Å². The van der Waals surface area contributed by atoms with Gasteiger partial charge >= 0.3 is 0 Å². The molecule has 4 nitrogen and oxygen atoms in total. The van der Waals surface area contributed by atoms with Crippen LogP contribution in [0.1, 0.15) is 11.6 Å². The average molecular weight is 248 g/mol. The summed E-state index contributed by atoms with van der Waals surface area (Å²) >= 11 is 0. The molecule has 100 valence electrons. The maximum absolute atomic E-state index is 5.72. The number of piperazine rings is 1. The highest BCUT2D eigenvalue weighted by Crippen LogP contribution is 2.24. The van der Waals surface area contributed by atoms with Crippen molar-refractivity contribution in [1.29, 1.82) is 0 Å². The van der Waals surface area contributed by atoms with E-state index in [2.05, 4.69) is 40.1 Å². The zero-order chi connectivity index (χ0) is 12.8. The van der Waals surface area contributed by atoms with Crippen LogP contribution in [0, 0.1) is 0 Å². The maximum atomic E-state index is 5.72. The maximum Gasteiger partial charge on any atom is 0.0476 e. The van der Waals surface area contributed by atoms with E-state index >= 15 is 0 Å². The molecule has 1 aromatic rings. The Hall–Kier alpha value is -0.940. The quantitative estimate of drug-likeness (QED) is 0.785. The predicted molar refractivity (Wildman–Crippen MR) is 75.3 cm³/mol. The Bertz CT molecular complexity index is 341. The molecular formula is C14H24N4. The molecule has 1 aliphatic rings. The van der Waals surface area contributed by atoms with Crippen molar-refractivity contribution >= 4 is 0 Å². The number of benzene rings is 1. The smallest absolute Gasteiger partial charge is 0.0476 e. The van der Waals surface area contributed by atoms with Gasteiger partial charge in [0.1, 0.15) is 0 Å². The molecule has 1 heterocycles. The van der Waals surface area contributed by atoms with Crippen LogP contribution < -0.4 is 11.5 Å². The van der Waals surface area contributed by atoms with Gasteiger partial charge in [0.15, 0.2) is 0 Å². The molecule has 0 radical (unpaired) electrons. The Labute approximate surface area is 110 Å². The molecule has 0 aromatic heterocycles. The molecule has 4 heteroatoms. The third kappa shape index (κ3) is 3.29. The molecule has 0 spiro atoms. The minimum Gasteiger partial charge on any atom is -0.329 e. The van der Waals surface area contributed by atoms with Crippen LogP contribution in [0.25, 0.3) is 0 Å². The standard InChI is InChI=1S/C14H24N4/c15-6-8-17-10-11-18(9-7-16)14(12-17)13-4-2-1-3-5-13/h1-5,14H,6-12,15-16H2. The van der Waals surface area contributed by atoms with Crippen molar-refractivity contribution in [2.24, 2.45) is 11.5 Å². The van der Waals surface area contributed by atoms with E-state index in [0.29, 0.717) is 6.04 Å². The van der Waals surface area contributed by atoms with E-state index in [1.807, 2.05) is 0 Å². The summed E-state index contributed by atoms with van der Waals surface area (Å²) in [6, 6.07) is 11.2. The van der Waals surface area contributed by atoms with Crippen molar-refractivity contribution in [3.63, 3.8) is 0 Å². The minimum atomic E-state index is 0.454. The molecule has 0 bridgehead atoms. The number of nitrogens with two attached hydrogens (primary N) is 2. The van der Waals surface area contributed by atoms with Crippen molar-refractivity contribution in [2.75, 3.05) is 45.8 Å². The van der Waals surface area contributed by atoms with Gasteiger partial charge in [-0.2, -0.15) is 0 Å². The minimum absolute atomic E-state index is 0.454. The molecule has 0 saturated carbocycles. The van der Waals surface area contributed by atoms with Crippen molar-refractivity contribution in [3.8, 4) is 0 Å². The first-order valence-corrected chi connectivity index (χ1v) is 6.76. The monoisotopic (exact) mass is 248 g/mol. The second-order valence-corrected chi connectivity index (χ2v) is 4.84. The molecule has 4 N–H and O–H groups in total. The van der Waals surface area contributed by atoms with Gasteiger partial charge in [0, 0.05) is 51.9 Å². The Balaban J connectivity index is 2.09. The van der Waals surface area contributed by atoms with Gasteiger partial charge in [0.25, 0.3) is 0 Å². The summed E-state index contributed by atoms with van der Waals surface area (Å²) in [5.74, 6) is 0. The largest absolute Gasteiger partial charge is 0.329 e. The molecule has 1 unspecified atom stereocenters. The Kier molecular flexibility index (Phi) is 5.13. The molecular weight excluding hydrogens is 224 g/mol. The van der Waals surface area contributed by atoms with Crippen molar-refractivity contribution in [2.45, 2.75) is 6.04 Å². The lowest BCUT2D eigenvalue weighted by atomic mass is 10.0. The Morgan fingerprint density at radius 1 is 1.00 bits per heavy atom. The molecule has 18 heavy (non-hydrogen) atoms. The first-order chi connectivity index (χ1) is 8.85. The second kappa shape index (κ2) is 6.85. The van der Waals surface area contributed by atoms with E-state index in [4.69, 9.17) is 11.5 Å². The highest BCUT2D eigenvalue weighted by atomic mass is 15.3. The van der Waals surface area contributed by atoms with Crippen LogP contribution in [-0.2, 0) is 0 Å². The molecule has 1 saturated heterocycles. The lowest BCUT2D eigenvalue weighted by Gasteiger charge is -2.41. The van der Waals surface area contributed by atoms with Crippen LogP contribution in [0.4, 0.5) is 0 Å². The number of hydrogen-bond donors (Lipinski definition) is 2. The van der Waals surface area contributed by atoms with Crippen LogP contribution in [0.5, 0.6) is 0 Å². The summed E-state index contributed by atoms with van der Waals surface area (Å²) in [6.07, 6.45) is 0. The van der Waals surface area contributed by atoms with Gasteiger partial charge in [-0.3, -0.25) is 9.80 Å². The summed E-state index contributed by atoms with van der Waals surface area (Å²) < 4.78 is 0. The second-order valence-electron chi connectivity index (χ2n) is 4.84.